The van der Waals surface area contributed by atoms with E-state index in [1.807, 2.05) is 42.5 Å². The molecule has 1 aliphatic rings. The number of benzene rings is 2. The van der Waals surface area contributed by atoms with Crippen molar-refractivity contribution < 1.29 is 9.53 Å². The van der Waals surface area contributed by atoms with Crippen molar-refractivity contribution in [2.75, 3.05) is 26.7 Å². The SMILES string of the molecule is COc1ccccc1[C@@H](CNC(=O)Cc1ccc(Br)cc1)N1CCCCC1. The summed E-state index contributed by atoms with van der Waals surface area (Å²) in [4.78, 5) is 15.0. The molecule has 1 aliphatic heterocycles. The molecule has 0 bridgehead atoms. The maximum absolute atomic E-state index is 12.5. The number of hydrogen-bond acceptors (Lipinski definition) is 3. The first-order valence-corrected chi connectivity index (χ1v) is 10.3. The van der Waals surface area contributed by atoms with Gasteiger partial charge in [-0.2, -0.15) is 0 Å². The molecule has 5 heteroatoms. The molecule has 1 atom stereocenters. The summed E-state index contributed by atoms with van der Waals surface area (Å²) in [5.74, 6) is 0.935. The van der Waals surface area contributed by atoms with Gasteiger partial charge in [0.1, 0.15) is 5.75 Å². The minimum Gasteiger partial charge on any atom is -0.496 e. The first kappa shape index (κ1) is 19.9. The summed E-state index contributed by atoms with van der Waals surface area (Å²) < 4.78 is 6.61. The van der Waals surface area contributed by atoms with E-state index in [1.165, 1.54) is 19.3 Å². The van der Waals surface area contributed by atoms with Crippen molar-refractivity contribution in [2.24, 2.45) is 0 Å². The molecule has 144 valence electrons. The molecule has 1 heterocycles. The number of methoxy groups -OCH3 is 1. The van der Waals surface area contributed by atoms with Crippen LogP contribution in [0.2, 0.25) is 0 Å². The van der Waals surface area contributed by atoms with Gasteiger partial charge in [0.05, 0.1) is 19.6 Å². The number of nitrogens with zero attached hydrogens (tertiary/aromatic N) is 1. The number of halogens is 1. The molecule has 3 rings (SSSR count). The van der Waals surface area contributed by atoms with Crippen LogP contribution in [-0.4, -0.2) is 37.6 Å². The summed E-state index contributed by atoms with van der Waals surface area (Å²) in [5.41, 5.74) is 2.16. The van der Waals surface area contributed by atoms with E-state index < -0.39 is 0 Å². The molecule has 0 aromatic heterocycles. The van der Waals surface area contributed by atoms with Crippen LogP contribution >= 0.6 is 15.9 Å². The van der Waals surface area contributed by atoms with Gasteiger partial charge in [-0.15, -0.1) is 0 Å². The highest BCUT2D eigenvalue weighted by atomic mass is 79.9. The van der Waals surface area contributed by atoms with E-state index >= 15 is 0 Å². The lowest BCUT2D eigenvalue weighted by molar-refractivity contribution is -0.120. The Morgan fingerprint density at radius 2 is 1.81 bits per heavy atom. The van der Waals surface area contributed by atoms with Crippen molar-refractivity contribution in [3.63, 3.8) is 0 Å². The molecule has 0 saturated carbocycles. The van der Waals surface area contributed by atoms with Gasteiger partial charge in [0.15, 0.2) is 0 Å². The second-order valence-electron chi connectivity index (χ2n) is 6.96. The fourth-order valence-electron chi connectivity index (χ4n) is 3.67. The van der Waals surface area contributed by atoms with Gasteiger partial charge in [0.2, 0.25) is 5.91 Å². The van der Waals surface area contributed by atoms with Gasteiger partial charge < -0.3 is 10.1 Å². The Morgan fingerprint density at radius 3 is 2.52 bits per heavy atom. The molecule has 1 amide bonds. The highest BCUT2D eigenvalue weighted by Gasteiger charge is 2.25. The second-order valence-corrected chi connectivity index (χ2v) is 7.88. The zero-order valence-corrected chi connectivity index (χ0v) is 17.4. The third-order valence-electron chi connectivity index (χ3n) is 5.10. The maximum Gasteiger partial charge on any atom is 0.224 e. The molecule has 2 aromatic rings. The molecule has 27 heavy (non-hydrogen) atoms. The predicted octanol–water partition coefficient (Wildman–Crippen LogP) is 4.34. The highest BCUT2D eigenvalue weighted by molar-refractivity contribution is 9.10. The van der Waals surface area contributed by atoms with Crippen molar-refractivity contribution in [1.29, 1.82) is 0 Å². The molecular formula is C22H27BrN2O2. The van der Waals surface area contributed by atoms with Gasteiger partial charge in [-0.3, -0.25) is 9.69 Å². The molecule has 1 fully saturated rings. The highest BCUT2D eigenvalue weighted by Crippen LogP contribution is 2.30. The van der Waals surface area contributed by atoms with Crippen molar-refractivity contribution in [2.45, 2.75) is 31.7 Å². The van der Waals surface area contributed by atoms with Gasteiger partial charge in [-0.25, -0.2) is 0 Å². The van der Waals surface area contributed by atoms with Crippen LogP contribution < -0.4 is 10.1 Å². The summed E-state index contributed by atoms with van der Waals surface area (Å²) in [6.07, 6.45) is 4.09. The lowest BCUT2D eigenvalue weighted by Crippen LogP contribution is -2.41. The summed E-state index contributed by atoms with van der Waals surface area (Å²) >= 11 is 3.43. The van der Waals surface area contributed by atoms with Crippen molar-refractivity contribution in [1.82, 2.24) is 10.2 Å². The Kier molecular flexibility index (Phi) is 7.30. The normalized spacial score (nSPS) is 15.9. The van der Waals surface area contributed by atoms with Crippen LogP contribution in [0.4, 0.5) is 0 Å². The zero-order chi connectivity index (χ0) is 19.1. The Balaban J connectivity index is 1.69. The number of piperidine rings is 1. The molecule has 1 N–H and O–H groups in total. The average molecular weight is 431 g/mol. The number of hydrogen-bond donors (Lipinski definition) is 1. The molecule has 1 saturated heterocycles. The average Bonchev–Trinajstić information content (AvgIpc) is 2.71. The van der Waals surface area contributed by atoms with Crippen LogP contribution in [0.3, 0.4) is 0 Å². The minimum atomic E-state index is 0.0502. The van der Waals surface area contributed by atoms with Crippen molar-refractivity contribution >= 4 is 21.8 Å². The topological polar surface area (TPSA) is 41.6 Å². The van der Waals surface area contributed by atoms with Crippen LogP contribution in [-0.2, 0) is 11.2 Å². The number of ether oxygens (including phenoxy) is 1. The van der Waals surface area contributed by atoms with E-state index in [0.717, 1.165) is 34.4 Å². The van der Waals surface area contributed by atoms with Crippen LogP contribution in [0.15, 0.2) is 53.0 Å². The monoisotopic (exact) mass is 430 g/mol. The van der Waals surface area contributed by atoms with Crippen LogP contribution in [0.1, 0.15) is 36.4 Å². The van der Waals surface area contributed by atoms with E-state index in [1.54, 1.807) is 7.11 Å². The Bertz CT molecular complexity index is 742. The van der Waals surface area contributed by atoms with Gasteiger partial charge >= 0.3 is 0 Å². The number of para-hydroxylation sites is 1. The number of carbonyl (C=O) groups excluding carboxylic acids is 1. The van der Waals surface area contributed by atoms with Crippen molar-refractivity contribution in [3.05, 3.63) is 64.1 Å². The van der Waals surface area contributed by atoms with Gasteiger partial charge in [-0.05, 0) is 49.7 Å². The fraction of sp³-hybridized carbons (Fsp3) is 0.409. The van der Waals surface area contributed by atoms with Crippen molar-refractivity contribution in [3.8, 4) is 5.75 Å². The van der Waals surface area contributed by atoms with Crippen LogP contribution in [0.5, 0.6) is 5.75 Å². The van der Waals surface area contributed by atoms with E-state index in [-0.39, 0.29) is 11.9 Å². The quantitative estimate of drug-likeness (QED) is 0.709. The molecule has 0 unspecified atom stereocenters. The number of carbonyl (C=O) groups is 1. The maximum atomic E-state index is 12.5. The molecule has 2 aromatic carbocycles. The summed E-state index contributed by atoms with van der Waals surface area (Å²) in [5, 5.41) is 3.15. The third kappa shape index (κ3) is 5.56. The number of likely N-dealkylation sites (tertiary alicyclic amines) is 1. The van der Waals surface area contributed by atoms with Crippen LogP contribution in [0, 0.1) is 0 Å². The molecule has 0 spiro atoms. The minimum absolute atomic E-state index is 0.0502. The number of nitrogens with one attached hydrogen (secondary N) is 1. The second kappa shape index (κ2) is 9.90. The molecular weight excluding hydrogens is 404 g/mol. The Hall–Kier alpha value is -1.85. The summed E-state index contributed by atoms with van der Waals surface area (Å²) in [6, 6.07) is 16.2. The predicted molar refractivity (Wildman–Crippen MR) is 112 cm³/mol. The Labute approximate surface area is 170 Å². The molecule has 0 radical (unpaired) electrons. The largest absolute Gasteiger partial charge is 0.496 e. The van der Waals surface area contributed by atoms with E-state index in [9.17, 15) is 4.79 Å². The first-order chi connectivity index (χ1) is 13.2. The fourth-order valence-corrected chi connectivity index (χ4v) is 3.93. The zero-order valence-electron chi connectivity index (χ0n) is 15.8. The van der Waals surface area contributed by atoms with E-state index in [2.05, 4.69) is 32.2 Å². The van der Waals surface area contributed by atoms with Gasteiger partial charge in [0.25, 0.3) is 0 Å². The van der Waals surface area contributed by atoms with Crippen LogP contribution in [0.25, 0.3) is 0 Å². The van der Waals surface area contributed by atoms with E-state index in [0.29, 0.717) is 13.0 Å². The lowest BCUT2D eigenvalue weighted by Gasteiger charge is -2.35. The van der Waals surface area contributed by atoms with E-state index in [4.69, 9.17) is 4.74 Å². The molecule has 4 nitrogen and oxygen atoms in total. The first-order valence-electron chi connectivity index (χ1n) is 9.55. The third-order valence-corrected chi connectivity index (χ3v) is 5.63. The summed E-state index contributed by atoms with van der Waals surface area (Å²) in [6.45, 7) is 2.71. The number of amides is 1. The Morgan fingerprint density at radius 1 is 1.11 bits per heavy atom. The summed E-state index contributed by atoms with van der Waals surface area (Å²) in [7, 11) is 1.71. The van der Waals surface area contributed by atoms with Gasteiger partial charge in [-0.1, -0.05) is 52.7 Å². The smallest absolute Gasteiger partial charge is 0.224 e. The lowest BCUT2D eigenvalue weighted by atomic mass is 10.0. The molecule has 0 aliphatic carbocycles. The van der Waals surface area contributed by atoms with Gasteiger partial charge in [0, 0.05) is 16.6 Å². The number of rotatable bonds is 7. The standard InChI is InChI=1S/C22H27BrN2O2/c1-27-21-8-4-3-7-19(21)20(25-13-5-2-6-14-25)16-24-22(26)15-17-9-11-18(23)12-10-17/h3-4,7-12,20H,2,5-6,13-16H2,1H3,(H,24,26)/t20-/m1/s1.